The van der Waals surface area contributed by atoms with Crippen LogP contribution in [0.1, 0.15) is 53.9 Å². The first kappa shape index (κ1) is 15.3. The number of rotatable bonds is 6. The zero-order valence-corrected chi connectivity index (χ0v) is 14.1. The van der Waals surface area contributed by atoms with E-state index >= 15 is 0 Å². The molecule has 2 atom stereocenters. The van der Waals surface area contributed by atoms with Gasteiger partial charge in [0.25, 0.3) is 5.91 Å². The van der Waals surface area contributed by atoms with Gasteiger partial charge >= 0.3 is 0 Å². The smallest absolute Gasteiger partial charge is 0.264 e. The highest BCUT2D eigenvalue weighted by molar-refractivity contribution is 7.97. The molecule has 2 unspecified atom stereocenters. The van der Waals surface area contributed by atoms with Crippen LogP contribution in [0.5, 0.6) is 5.75 Å². The lowest BCUT2D eigenvalue weighted by atomic mass is 10.0. The molecule has 124 valence electrons. The van der Waals surface area contributed by atoms with Crippen molar-refractivity contribution in [1.82, 2.24) is 4.72 Å². The van der Waals surface area contributed by atoms with E-state index in [0.717, 1.165) is 30.2 Å². The lowest BCUT2D eigenvalue weighted by Gasteiger charge is -2.17. The largest absolute Gasteiger partial charge is 0.493 e. The fraction of sp³-hybridized carbons (Fsp3) is 0.611. The van der Waals surface area contributed by atoms with E-state index in [-0.39, 0.29) is 11.5 Å². The summed E-state index contributed by atoms with van der Waals surface area (Å²) in [4.78, 5) is 12.0. The Hall–Kier alpha value is -1.23. The number of fused-ring (bicyclic) bond motifs is 1. The molecule has 3 saturated carbocycles. The molecule has 1 aromatic carbocycles. The molecule has 3 fully saturated rings. The predicted molar refractivity (Wildman–Crippen MR) is 89.2 cm³/mol. The quantitative estimate of drug-likeness (QED) is 0.794. The van der Waals surface area contributed by atoms with Crippen LogP contribution in [-0.2, 0) is 0 Å². The second kappa shape index (κ2) is 6.00. The maximum Gasteiger partial charge on any atom is 0.264 e. The number of hydrogen-bond donors (Lipinski definition) is 1. The molecule has 0 heterocycles. The molecule has 0 bridgehead atoms. The summed E-state index contributed by atoms with van der Waals surface area (Å²) in [6.07, 6.45) is 7.87. The Kier molecular flexibility index (Phi) is 4.00. The predicted octanol–water partition coefficient (Wildman–Crippen LogP) is 4.14. The Morgan fingerprint density at radius 1 is 1.30 bits per heavy atom. The fourth-order valence-corrected chi connectivity index (χ4v) is 4.21. The molecule has 4 rings (SSSR count). The number of carbonyl (C=O) groups is 1. The van der Waals surface area contributed by atoms with Crippen molar-refractivity contribution in [3.63, 3.8) is 0 Å². The Bertz CT molecular complexity index is 622. The number of carbonyl (C=O) groups excluding carboxylic acids is 1. The summed E-state index contributed by atoms with van der Waals surface area (Å²) in [5.41, 5.74) is 1.12. The molecule has 0 saturated heterocycles. The van der Waals surface area contributed by atoms with E-state index in [4.69, 9.17) is 4.74 Å². The third-order valence-corrected chi connectivity index (χ3v) is 5.76. The van der Waals surface area contributed by atoms with E-state index in [9.17, 15) is 9.18 Å². The van der Waals surface area contributed by atoms with Gasteiger partial charge in [0.05, 0.1) is 12.2 Å². The van der Waals surface area contributed by atoms with Gasteiger partial charge in [-0.2, -0.15) is 0 Å². The second-order valence-electron chi connectivity index (χ2n) is 7.18. The lowest BCUT2D eigenvalue weighted by Crippen LogP contribution is -2.18. The highest BCUT2D eigenvalue weighted by Crippen LogP contribution is 2.54. The molecule has 5 heteroatoms. The first-order chi connectivity index (χ1) is 11.2. The van der Waals surface area contributed by atoms with Crippen molar-refractivity contribution >= 4 is 17.9 Å². The Morgan fingerprint density at radius 3 is 2.70 bits per heavy atom. The number of ether oxygens (including phenoxy) is 1. The van der Waals surface area contributed by atoms with Crippen molar-refractivity contribution < 1.29 is 13.9 Å². The fourth-order valence-electron chi connectivity index (χ4n) is 3.92. The maximum atomic E-state index is 14.3. The molecule has 1 aromatic rings. The van der Waals surface area contributed by atoms with Crippen molar-refractivity contribution in [2.45, 2.75) is 38.0 Å². The molecule has 1 N–H and O–H groups in total. The van der Waals surface area contributed by atoms with Crippen LogP contribution in [0.25, 0.3) is 0 Å². The number of halogens is 1. The van der Waals surface area contributed by atoms with Crippen LogP contribution in [0.4, 0.5) is 4.39 Å². The van der Waals surface area contributed by atoms with Gasteiger partial charge in [-0.15, -0.1) is 0 Å². The molecular weight excluding hydrogens is 313 g/mol. The third-order valence-electron chi connectivity index (χ3n) is 5.37. The summed E-state index contributed by atoms with van der Waals surface area (Å²) in [6.45, 7) is 0.683. The van der Waals surface area contributed by atoms with Crippen LogP contribution in [0.2, 0.25) is 0 Å². The highest BCUT2D eigenvalue weighted by Gasteiger charge is 2.45. The Balaban J connectivity index is 1.50. The number of amides is 1. The standard InChI is InChI=1S/C18H22FNO2S/c1-23-20-18(21)15-7-14(11-2-3-11)17(8-16(15)19)22-9-10-4-12-6-13(12)5-10/h7-8,10-13H,2-6,9H2,1H3,(H,20,21). The van der Waals surface area contributed by atoms with Crippen LogP contribution >= 0.6 is 11.9 Å². The topological polar surface area (TPSA) is 38.3 Å². The minimum Gasteiger partial charge on any atom is -0.493 e. The summed E-state index contributed by atoms with van der Waals surface area (Å²) in [5, 5.41) is 0. The third kappa shape index (κ3) is 3.21. The van der Waals surface area contributed by atoms with Crippen LogP contribution in [0.15, 0.2) is 12.1 Å². The molecular formula is C18H22FNO2S. The number of hydrogen-bond acceptors (Lipinski definition) is 3. The van der Waals surface area contributed by atoms with Crippen LogP contribution < -0.4 is 9.46 Å². The number of benzene rings is 1. The average Bonchev–Trinajstić information content (AvgIpc) is 3.45. The van der Waals surface area contributed by atoms with Gasteiger partial charge in [0, 0.05) is 12.3 Å². The second-order valence-corrected chi connectivity index (χ2v) is 7.80. The zero-order valence-electron chi connectivity index (χ0n) is 13.3. The van der Waals surface area contributed by atoms with E-state index in [2.05, 4.69) is 4.72 Å². The molecule has 23 heavy (non-hydrogen) atoms. The summed E-state index contributed by atoms with van der Waals surface area (Å²) < 4.78 is 22.9. The average molecular weight is 335 g/mol. The van der Waals surface area contributed by atoms with E-state index in [1.165, 1.54) is 37.3 Å². The lowest BCUT2D eigenvalue weighted by molar-refractivity contribution is 0.0980. The van der Waals surface area contributed by atoms with Gasteiger partial charge in [-0.3, -0.25) is 9.52 Å². The molecule has 3 aliphatic rings. The maximum absolute atomic E-state index is 14.3. The summed E-state index contributed by atoms with van der Waals surface area (Å²) >= 11 is 1.18. The highest BCUT2D eigenvalue weighted by atomic mass is 32.2. The molecule has 0 aliphatic heterocycles. The van der Waals surface area contributed by atoms with Crippen molar-refractivity contribution in [2.24, 2.45) is 17.8 Å². The normalized spacial score (nSPS) is 28.3. The molecule has 0 aromatic heterocycles. The van der Waals surface area contributed by atoms with Gasteiger partial charge in [-0.05, 0) is 67.4 Å². The van der Waals surface area contributed by atoms with Crippen LogP contribution in [0, 0.1) is 23.6 Å². The first-order valence-electron chi connectivity index (χ1n) is 8.45. The summed E-state index contributed by atoms with van der Waals surface area (Å²) in [7, 11) is 0. The van der Waals surface area contributed by atoms with E-state index in [1.807, 2.05) is 0 Å². The van der Waals surface area contributed by atoms with Crippen molar-refractivity contribution in [3.8, 4) is 5.75 Å². The number of nitrogens with one attached hydrogen (secondary N) is 1. The molecule has 0 radical (unpaired) electrons. The summed E-state index contributed by atoms with van der Waals surface area (Å²) in [5.74, 6) is 2.68. The van der Waals surface area contributed by atoms with Gasteiger partial charge in [-0.1, -0.05) is 11.9 Å². The minimum absolute atomic E-state index is 0.121. The van der Waals surface area contributed by atoms with Gasteiger partial charge in [-0.25, -0.2) is 4.39 Å². The minimum atomic E-state index is -0.495. The van der Waals surface area contributed by atoms with Gasteiger partial charge in [0.15, 0.2) is 0 Å². The monoisotopic (exact) mass is 335 g/mol. The summed E-state index contributed by atoms with van der Waals surface area (Å²) in [6, 6.07) is 3.11. The SMILES string of the molecule is CSNC(=O)c1cc(C2CC2)c(OCC2CC3CC3C2)cc1F. The van der Waals surface area contributed by atoms with Crippen molar-refractivity contribution in [3.05, 3.63) is 29.1 Å². The van der Waals surface area contributed by atoms with Crippen LogP contribution in [0.3, 0.4) is 0 Å². The van der Waals surface area contributed by atoms with Gasteiger partial charge in [0.2, 0.25) is 0 Å². The zero-order chi connectivity index (χ0) is 16.0. The Labute approximate surface area is 140 Å². The first-order valence-corrected chi connectivity index (χ1v) is 9.67. The van der Waals surface area contributed by atoms with Crippen LogP contribution in [-0.4, -0.2) is 18.8 Å². The molecule has 3 aliphatic carbocycles. The molecule has 3 nitrogen and oxygen atoms in total. The van der Waals surface area contributed by atoms with E-state index < -0.39 is 5.82 Å². The van der Waals surface area contributed by atoms with Crippen molar-refractivity contribution in [2.75, 3.05) is 12.9 Å². The molecule has 1 amide bonds. The molecule has 0 spiro atoms. The van der Waals surface area contributed by atoms with Gasteiger partial charge in [0.1, 0.15) is 11.6 Å². The van der Waals surface area contributed by atoms with Gasteiger partial charge < -0.3 is 4.74 Å². The van der Waals surface area contributed by atoms with E-state index in [0.29, 0.717) is 24.2 Å². The Morgan fingerprint density at radius 2 is 2.04 bits per heavy atom. The van der Waals surface area contributed by atoms with E-state index in [1.54, 1.807) is 12.3 Å². The van der Waals surface area contributed by atoms with Crippen molar-refractivity contribution in [1.29, 1.82) is 0 Å².